The molecule has 1 aromatic carbocycles. The molecule has 2 heterocycles. The van der Waals surface area contributed by atoms with Crippen molar-refractivity contribution in [2.24, 2.45) is 5.73 Å². The van der Waals surface area contributed by atoms with Gasteiger partial charge in [0.2, 0.25) is 0 Å². The van der Waals surface area contributed by atoms with E-state index in [1.807, 2.05) is 0 Å². The Morgan fingerprint density at radius 2 is 2.35 bits per heavy atom. The summed E-state index contributed by atoms with van der Waals surface area (Å²) < 4.78 is 5.98. The van der Waals surface area contributed by atoms with Crippen molar-refractivity contribution in [2.45, 2.75) is 31.9 Å². The molecular weight excluding hydrogens is 212 g/mol. The van der Waals surface area contributed by atoms with Crippen LogP contribution in [0.5, 0.6) is 5.75 Å². The number of hydrogen-bond acceptors (Lipinski definition) is 3. The van der Waals surface area contributed by atoms with Gasteiger partial charge in [0.1, 0.15) is 11.9 Å². The predicted octanol–water partition coefficient (Wildman–Crippen LogP) is 1.33. The van der Waals surface area contributed by atoms with Crippen LogP contribution in [0.4, 0.5) is 0 Å². The van der Waals surface area contributed by atoms with E-state index in [1.165, 1.54) is 11.1 Å². The average molecular weight is 232 g/mol. The molecule has 3 nitrogen and oxygen atoms in total. The van der Waals surface area contributed by atoms with Crippen LogP contribution in [0.2, 0.25) is 0 Å². The quantitative estimate of drug-likeness (QED) is 0.836. The van der Waals surface area contributed by atoms with Gasteiger partial charge in [-0.1, -0.05) is 17.7 Å². The second-order valence-corrected chi connectivity index (χ2v) is 5.36. The van der Waals surface area contributed by atoms with Crippen LogP contribution in [0.1, 0.15) is 17.5 Å². The number of ether oxygens (including phenoxy) is 1. The fraction of sp³-hybridized carbons (Fsp3) is 0.571. The molecule has 92 valence electrons. The minimum absolute atomic E-state index is 0.317. The van der Waals surface area contributed by atoms with E-state index in [0.29, 0.717) is 12.1 Å². The number of nitrogens with zero attached hydrogens (tertiary/aromatic N) is 1. The predicted molar refractivity (Wildman–Crippen MR) is 68.3 cm³/mol. The van der Waals surface area contributed by atoms with E-state index in [4.69, 9.17) is 10.5 Å². The molecule has 0 bridgehead atoms. The van der Waals surface area contributed by atoms with E-state index in [9.17, 15) is 0 Å². The van der Waals surface area contributed by atoms with E-state index >= 15 is 0 Å². The van der Waals surface area contributed by atoms with Crippen LogP contribution in [-0.4, -0.2) is 36.7 Å². The maximum Gasteiger partial charge on any atom is 0.123 e. The minimum atomic E-state index is 0.317. The van der Waals surface area contributed by atoms with Crippen molar-refractivity contribution in [1.29, 1.82) is 0 Å². The van der Waals surface area contributed by atoms with Crippen molar-refractivity contribution in [1.82, 2.24) is 4.90 Å². The Morgan fingerprint density at radius 3 is 3.12 bits per heavy atom. The van der Waals surface area contributed by atoms with E-state index in [1.54, 1.807) is 0 Å². The molecule has 0 spiro atoms. The fourth-order valence-electron chi connectivity index (χ4n) is 2.87. The Labute approximate surface area is 103 Å². The first-order chi connectivity index (χ1) is 8.20. The van der Waals surface area contributed by atoms with Gasteiger partial charge in [0.05, 0.1) is 0 Å². The average Bonchev–Trinajstić information content (AvgIpc) is 2.84. The van der Waals surface area contributed by atoms with Crippen LogP contribution in [0.25, 0.3) is 0 Å². The second-order valence-electron chi connectivity index (χ2n) is 5.36. The SMILES string of the molecule is Cc1ccc2c(c1)CC(CN1CC[C@H](N)C1)O2. The molecule has 3 heteroatoms. The van der Waals surface area contributed by atoms with Gasteiger partial charge in [-0.2, -0.15) is 0 Å². The van der Waals surface area contributed by atoms with E-state index in [0.717, 1.165) is 38.2 Å². The molecule has 0 radical (unpaired) electrons. The molecule has 0 aliphatic carbocycles. The zero-order valence-electron chi connectivity index (χ0n) is 10.4. The van der Waals surface area contributed by atoms with Gasteiger partial charge in [-0.15, -0.1) is 0 Å². The number of benzene rings is 1. The first kappa shape index (κ1) is 11.1. The molecule has 2 atom stereocenters. The highest BCUT2D eigenvalue weighted by Gasteiger charge is 2.27. The highest BCUT2D eigenvalue weighted by molar-refractivity contribution is 5.40. The van der Waals surface area contributed by atoms with Crippen molar-refractivity contribution in [2.75, 3.05) is 19.6 Å². The van der Waals surface area contributed by atoms with E-state index < -0.39 is 0 Å². The maximum absolute atomic E-state index is 5.98. The summed E-state index contributed by atoms with van der Waals surface area (Å²) in [5.41, 5.74) is 8.60. The molecule has 3 rings (SSSR count). The summed E-state index contributed by atoms with van der Waals surface area (Å²) in [6, 6.07) is 6.82. The second kappa shape index (κ2) is 4.31. The monoisotopic (exact) mass is 232 g/mol. The Kier molecular flexibility index (Phi) is 2.81. The zero-order chi connectivity index (χ0) is 11.8. The van der Waals surface area contributed by atoms with Crippen molar-refractivity contribution in [3.63, 3.8) is 0 Å². The van der Waals surface area contributed by atoms with Crippen LogP contribution >= 0.6 is 0 Å². The van der Waals surface area contributed by atoms with Gasteiger partial charge in [-0.25, -0.2) is 0 Å². The van der Waals surface area contributed by atoms with Crippen molar-refractivity contribution in [3.8, 4) is 5.75 Å². The molecule has 1 saturated heterocycles. The van der Waals surface area contributed by atoms with Gasteiger partial charge < -0.3 is 10.5 Å². The Morgan fingerprint density at radius 1 is 1.47 bits per heavy atom. The Bertz CT molecular complexity index is 419. The van der Waals surface area contributed by atoms with Crippen LogP contribution in [0, 0.1) is 6.92 Å². The summed E-state index contributed by atoms with van der Waals surface area (Å²) in [5.74, 6) is 1.07. The smallest absolute Gasteiger partial charge is 0.123 e. The lowest BCUT2D eigenvalue weighted by atomic mass is 10.1. The van der Waals surface area contributed by atoms with Crippen LogP contribution in [0.3, 0.4) is 0 Å². The van der Waals surface area contributed by atoms with Crippen molar-refractivity contribution >= 4 is 0 Å². The van der Waals surface area contributed by atoms with Crippen LogP contribution in [-0.2, 0) is 6.42 Å². The first-order valence-corrected chi connectivity index (χ1v) is 6.45. The van der Waals surface area contributed by atoms with Gasteiger partial charge in [-0.05, 0) is 31.5 Å². The maximum atomic E-state index is 5.98. The third kappa shape index (κ3) is 2.31. The molecule has 0 aromatic heterocycles. The summed E-state index contributed by atoms with van der Waals surface area (Å²) in [4.78, 5) is 2.42. The summed E-state index contributed by atoms with van der Waals surface area (Å²) in [6.45, 7) is 5.29. The molecule has 0 amide bonds. The lowest BCUT2D eigenvalue weighted by molar-refractivity contribution is 0.167. The van der Waals surface area contributed by atoms with E-state index in [-0.39, 0.29) is 0 Å². The molecular formula is C14H20N2O. The Hall–Kier alpha value is -1.06. The van der Waals surface area contributed by atoms with Crippen LogP contribution < -0.4 is 10.5 Å². The van der Waals surface area contributed by atoms with Crippen molar-refractivity contribution in [3.05, 3.63) is 29.3 Å². The molecule has 17 heavy (non-hydrogen) atoms. The first-order valence-electron chi connectivity index (χ1n) is 6.45. The lowest BCUT2D eigenvalue weighted by Crippen LogP contribution is -2.35. The highest BCUT2D eigenvalue weighted by Crippen LogP contribution is 2.30. The van der Waals surface area contributed by atoms with Gasteiger partial charge in [-0.3, -0.25) is 4.90 Å². The summed E-state index contributed by atoms with van der Waals surface area (Å²) >= 11 is 0. The number of rotatable bonds is 2. The van der Waals surface area contributed by atoms with Crippen LogP contribution in [0.15, 0.2) is 18.2 Å². The van der Waals surface area contributed by atoms with E-state index in [2.05, 4.69) is 30.0 Å². The summed E-state index contributed by atoms with van der Waals surface area (Å²) in [7, 11) is 0. The molecule has 1 fully saturated rings. The minimum Gasteiger partial charge on any atom is -0.488 e. The molecule has 1 aromatic rings. The normalized spacial score (nSPS) is 28.1. The summed E-state index contributed by atoms with van der Waals surface area (Å²) in [6.07, 6.45) is 2.48. The number of likely N-dealkylation sites (tertiary alicyclic amines) is 1. The standard InChI is InChI=1S/C14H20N2O/c1-10-2-3-14-11(6-10)7-13(17-14)9-16-5-4-12(15)8-16/h2-3,6,12-13H,4-5,7-9,15H2,1H3/t12-,13?/m0/s1. The van der Waals surface area contributed by atoms with Gasteiger partial charge in [0.15, 0.2) is 0 Å². The molecule has 2 aliphatic heterocycles. The topological polar surface area (TPSA) is 38.5 Å². The Balaban J connectivity index is 1.62. The number of nitrogens with two attached hydrogens (primary N) is 1. The molecule has 2 N–H and O–H groups in total. The zero-order valence-corrected chi connectivity index (χ0v) is 10.4. The molecule has 0 saturated carbocycles. The van der Waals surface area contributed by atoms with Crippen molar-refractivity contribution < 1.29 is 4.74 Å². The lowest BCUT2D eigenvalue weighted by Gasteiger charge is -2.19. The highest BCUT2D eigenvalue weighted by atomic mass is 16.5. The third-order valence-corrected chi connectivity index (χ3v) is 3.73. The van der Waals surface area contributed by atoms with Gasteiger partial charge in [0.25, 0.3) is 0 Å². The largest absolute Gasteiger partial charge is 0.488 e. The molecule has 2 aliphatic rings. The third-order valence-electron chi connectivity index (χ3n) is 3.73. The number of fused-ring (bicyclic) bond motifs is 1. The van der Waals surface area contributed by atoms with Gasteiger partial charge in [0, 0.05) is 25.6 Å². The van der Waals surface area contributed by atoms with Gasteiger partial charge >= 0.3 is 0 Å². The summed E-state index contributed by atoms with van der Waals surface area (Å²) in [5, 5.41) is 0. The fourth-order valence-corrected chi connectivity index (χ4v) is 2.87. The molecule has 1 unspecified atom stereocenters. The number of hydrogen-bond donors (Lipinski definition) is 1. The number of aryl methyl sites for hydroxylation is 1.